The SMILES string of the molecule is O=C(OCc1ccccc1)N1CCOCC(O)(C(F)(F)F)C1. The fraction of sp³-hybridized carbons (Fsp3) is 0.500. The average Bonchev–Trinajstić information content (AvgIpc) is 2.68. The number of rotatable bonds is 2. The van der Waals surface area contributed by atoms with Crippen LogP contribution in [0.5, 0.6) is 0 Å². The summed E-state index contributed by atoms with van der Waals surface area (Å²) in [7, 11) is 0. The molecule has 1 N–H and O–H groups in total. The van der Waals surface area contributed by atoms with Crippen molar-refractivity contribution in [1.82, 2.24) is 4.90 Å². The maximum absolute atomic E-state index is 12.9. The molecule has 0 bridgehead atoms. The molecule has 8 heteroatoms. The molecule has 1 unspecified atom stereocenters. The van der Waals surface area contributed by atoms with Gasteiger partial charge in [-0.15, -0.1) is 0 Å². The maximum atomic E-state index is 12.9. The summed E-state index contributed by atoms with van der Waals surface area (Å²) in [5.41, 5.74) is -2.37. The Hall–Kier alpha value is -1.80. The summed E-state index contributed by atoms with van der Waals surface area (Å²) in [6.45, 7) is -2.05. The number of β-amino-alcohol motifs (C(OH)–C–C–N with tert-alkyl or cyclic N) is 1. The summed E-state index contributed by atoms with van der Waals surface area (Å²) < 4.78 is 48.4. The smallest absolute Gasteiger partial charge is 0.421 e. The van der Waals surface area contributed by atoms with Gasteiger partial charge in [-0.25, -0.2) is 4.79 Å². The van der Waals surface area contributed by atoms with Crippen LogP contribution in [0.4, 0.5) is 18.0 Å². The van der Waals surface area contributed by atoms with Gasteiger partial charge in [-0.05, 0) is 5.56 Å². The number of nitrogens with zero attached hydrogens (tertiary/aromatic N) is 1. The van der Waals surface area contributed by atoms with E-state index in [1.165, 1.54) is 0 Å². The van der Waals surface area contributed by atoms with Gasteiger partial charge in [0.15, 0.2) is 0 Å². The maximum Gasteiger partial charge on any atom is 0.421 e. The van der Waals surface area contributed by atoms with E-state index in [-0.39, 0.29) is 19.8 Å². The Morgan fingerprint density at radius 3 is 2.68 bits per heavy atom. The van der Waals surface area contributed by atoms with Crippen molar-refractivity contribution in [1.29, 1.82) is 0 Å². The van der Waals surface area contributed by atoms with Crippen LogP contribution in [-0.2, 0) is 16.1 Å². The molecule has 0 aliphatic carbocycles. The largest absolute Gasteiger partial charge is 0.445 e. The van der Waals surface area contributed by atoms with E-state index in [1.54, 1.807) is 30.3 Å². The van der Waals surface area contributed by atoms with Gasteiger partial charge in [0.05, 0.1) is 19.8 Å². The quantitative estimate of drug-likeness (QED) is 0.905. The predicted octanol–water partition coefficient (Wildman–Crippen LogP) is 1.95. The van der Waals surface area contributed by atoms with E-state index in [0.717, 1.165) is 4.90 Å². The van der Waals surface area contributed by atoms with Crippen LogP contribution in [0.15, 0.2) is 30.3 Å². The van der Waals surface area contributed by atoms with Gasteiger partial charge in [-0.2, -0.15) is 13.2 Å². The fourth-order valence-corrected chi connectivity index (χ4v) is 1.99. The molecular formula is C14H16F3NO4. The molecule has 22 heavy (non-hydrogen) atoms. The van der Waals surface area contributed by atoms with Crippen molar-refractivity contribution in [2.45, 2.75) is 18.4 Å². The molecule has 0 spiro atoms. The number of aliphatic hydroxyl groups is 1. The average molecular weight is 319 g/mol. The number of hydrogen-bond donors (Lipinski definition) is 1. The van der Waals surface area contributed by atoms with Crippen LogP contribution in [0.3, 0.4) is 0 Å². The first-order chi connectivity index (χ1) is 10.3. The molecule has 1 amide bonds. The van der Waals surface area contributed by atoms with E-state index < -0.39 is 31.0 Å². The number of hydrogen-bond acceptors (Lipinski definition) is 4. The standard InChI is InChI=1S/C14H16F3NO4/c15-14(16,17)13(20)9-18(6-7-21-10-13)12(19)22-8-11-4-2-1-3-5-11/h1-5,20H,6-10H2. The number of amides is 1. The molecule has 0 aromatic heterocycles. The minimum atomic E-state index is -4.89. The van der Waals surface area contributed by atoms with E-state index in [9.17, 15) is 23.1 Å². The van der Waals surface area contributed by atoms with E-state index in [4.69, 9.17) is 9.47 Å². The highest BCUT2D eigenvalue weighted by molar-refractivity contribution is 5.67. The third-order valence-corrected chi connectivity index (χ3v) is 3.29. The number of carbonyl (C=O) groups excluding carboxylic acids is 1. The molecule has 2 rings (SSSR count). The Morgan fingerprint density at radius 2 is 2.05 bits per heavy atom. The lowest BCUT2D eigenvalue weighted by Crippen LogP contribution is -2.56. The summed E-state index contributed by atoms with van der Waals surface area (Å²) in [5.74, 6) is 0. The Kier molecular flexibility index (Phi) is 4.92. The number of ether oxygens (including phenoxy) is 2. The normalized spacial score (nSPS) is 23.0. The molecule has 122 valence electrons. The van der Waals surface area contributed by atoms with Crippen LogP contribution in [0, 0.1) is 0 Å². The zero-order valence-corrected chi connectivity index (χ0v) is 11.7. The number of carbonyl (C=O) groups is 1. The van der Waals surface area contributed by atoms with Gasteiger partial charge in [0.1, 0.15) is 6.61 Å². The number of halogens is 3. The van der Waals surface area contributed by atoms with Crippen LogP contribution in [0.25, 0.3) is 0 Å². The van der Waals surface area contributed by atoms with Gasteiger partial charge in [0.2, 0.25) is 5.60 Å². The van der Waals surface area contributed by atoms with E-state index in [1.807, 2.05) is 0 Å². The first-order valence-electron chi connectivity index (χ1n) is 6.64. The lowest BCUT2D eigenvalue weighted by molar-refractivity contribution is -0.272. The fourth-order valence-electron chi connectivity index (χ4n) is 1.99. The third-order valence-electron chi connectivity index (χ3n) is 3.29. The van der Waals surface area contributed by atoms with Crippen molar-refractivity contribution < 1.29 is 32.5 Å². The van der Waals surface area contributed by atoms with Crippen molar-refractivity contribution in [3.8, 4) is 0 Å². The number of alkyl halides is 3. The molecule has 1 aromatic carbocycles. The summed E-state index contributed by atoms with van der Waals surface area (Å²) in [4.78, 5) is 12.7. The Morgan fingerprint density at radius 1 is 1.36 bits per heavy atom. The minimum absolute atomic E-state index is 0.0541. The summed E-state index contributed by atoms with van der Waals surface area (Å²) in [6.07, 6.45) is -5.81. The van der Waals surface area contributed by atoms with Gasteiger partial charge >= 0.3 is 12.3 Å². The van der Waals surface area contributed by atoms with Crippen LogP contribution in [-0.4, -0.2) is 54.2 Å². The first-order valence-corrected chi connectivity index (χ1v) is 6.64. The molecule has 1 aliphatic rings. The molecule has 0 saturated carbocycles. The van der Waals surface area contributed by atoms with Crippen LogP contribution >= 0.6 is 0 Å². The summed E-state index contributed by atoms with van der Waals surface area (Å²) in [6, 6.07) is 8.76. The monoisotopic (exact) mass is 319 g/mol. The van der Waals surface area contributed by atoms with Gasteiger partial charge in [0, 0.05) is 6.54 Å². The molecule has 1 aliphatic heterocycles. The molecule has 1 saturated heterocycles. The molecule has 5 nitrogen and oxygen atoms in total. The molecule has 1 atom stereocenters. The van der Waals surface area contributed by atoms with Crippen molar-refractivity contribution in [2.75, 3.05) is 26.3 Å². The van der Waals surface area contributed by atoms with Crippen LogP contribution in [0.1, 0.15) is 5.56 Å². The Labute approximate surface area is 125 Å². The lowest BCUT2D eigenvalue weighted by atomic mass is 10.1. The second-order valence-electron chi connectivity index (χ2n) is 5.04. The summed E-state index contributed by atoms with van der Waals surface area (Å²) >= 11 is 0. The Balaban J connectivity index is 1.99. The second kappa shape index (κ2) is 6.53. The van der Waals surface area contributed by atoms with E-state index in [0.29, 0.717) is 5.56 Å². The third kappa shape index (κ3) is 3.89. The predicted molar refractivity (Wildman–Crippen MR) is 70.0 cm³/mol. The van der Waals surface area contributed by atoms with Crippen molar-refractivity contribution >= 4 is 6.09 Å². The lowest BCUT2D eigenvalue weighted by Gasteiger charge is -2.31. The molecule has 1 aromatic rings. The molecule has 1 fully saturated rings. The Bertz CT molecular complexity index is 509. The minimum Gasteiger partial charge on any atom is -0.445 e. The topological polar surface area (TPSA) is 59.0 Å². The van der Waals surface area contributed by atoms with Gasteiger partial charge < -0.3 is 19.5 Å². The van der Waals surface area contributed by atoms with E-state index >= 15 is 0 Å². The second-order valence-corrected chi connectivity index (χ2v) is 5.04. The zero-order chi connectivity index (χ0) is 16.2. The number of benzene rings is 1. The van der Waals surface area contributed by atoms with Crippen molar-refractivity contribution in [3.63, 3.8) is 0 Å². The molecule has 1 heterocycles. The highest BCUT2D eigenvalue weighted by Gasteiger charge is 2.56. The van der Waals surface area contributed by atoms with E-state index in [2.05, 4.69) is 0 Å². The van der Waals surface area contributed by atoms with Gasteiger partial charge in [-0.1, -0.05) is 30.3 Å². The first kappa shape index (κ1) is 16.6. The molecular weight excluding hydrogens is 303 g/mol. The van der Waals surface area contributed by atoms with Gasteiger partial charge in [-0.3, -0.25) is 0 Å². The van der Waals surface area contributed by atoms with Gasteiger partial charge in [0.25, 0.3) is 0 Å². The highest BCUT2D eigenvalue weighted by Crippen LogP contribution is 2.32. The van der Waals surface area contributed by atoms with Crippen LogP contribution < -0.4 is 0 Å². The zero-order valence-electron chi connectivity index (χ0n) is 11.7. The van der Waals surface area contributed by atoms with Crippen LogP contribution in [0.2, 0.25) is 0 Å². The molecule has 0 radical (unpaired) electrons. The van der Waals surface area contributed by atoms with Crippen molar-refractivity contribution in [3.05, 3.63) is 35.9 Å². The highest BCUT2D eigenvalue weighted by atomic mass is 19.4. The van der Waals surface area contributed by atoms with Crippen molar-refractivity contribution in [2.24, 2.45) is 0 Å². The summed E-state index contributed by atoms with van der Waals surface area (Å²) in [5, 5.41) is 9.69.